The summed E-state index contributed by atoms with van der Waals surface area (Å²) >= 11 is 6.72. The maximum Gasteiger partial charge on any atom is 0.303 e. The van der Waals surface area contributed by atoms with Crippen LogP contribution in [0.5, 0.6) is 0 Å². The standard InChI is InChI=1S/C24H29ClO4/c1-13-10-19-17-12-21(25)20-11-16(28)6-8-22(20,4)18(17)7-9-23(19,5)24(13,14(2)26)29-15(3)27/h11-12,17-19H,1,6-10H2,2-5H3/t17?,18?,19?,22?,23?,24-/m0/s1. The first-order chi connectivity index (χ1) is 13.5. The lowest BCUT2D eigenvalue weighted by Crippen LogP contribution is -2.58. The van der Waals surface area contributed by atoms with Gasteiger partial charge in [0, 0.05) is 23.8 Å². The van der Waals surface area contributed by atoms with Gasteiger partial charge in [0.25, 0.3) is 0 Å². The van der Waals surface area contributed by atoms with Gasteiger partial charge in [0.15, 0.2) is 17.2 Å². The highest BCUT2D eigenvalue weighted by Gasteiger charge is 2.69. The van der Waals surface area contributed by atoms with Crippen molar-refractivity contribution in [1.29, 1.82) is 0 Å². The van der Waals surface area contributed by atoms with Crippen LogP contribution in [-0.4, -0.2) is 23.1 Å². The van der Waals surface area contributed by atoms with Crippen molar-refractivity contribution in [2.75, 3.05) is 0 Å². The third-order valence-electron chi connectivity index (χ3n) is 8.51. The lowest BCUT2D eigenvalue weighted by molar-refractivity contribution is -0.179. The third kappa shape index (κ3) is 2.54. The first-order valence-corrected chi connectivity index (χ1v) is 10.9. The Hall–Kier alpha value is -1.68. The van der Waals surface area contributed by atoms with Crippen molar-refractivity contribution in [2.45, 2.75) is 65.4 Å². The summed E-state index contributed by atoms with van der Waals surface area (Å²) in [6, 6.07) is 0. The molecule has 0 aromatic carbocycles. The molecular weight excluding hydrogens is 388 g/mol. The van der Waals surface area contributed by atoms with Crippen molar-refractivity contribution in [1.82, 2.24) is 0 Å². The SMILES string of the molecule is C=C1CC2C3C=C(Cl)C4=CC(=O)CCC4(C)C3CCC2(C)[C@@]1(OC(C)=O)C(C)=O. The summed E-state index contributed by atoms with van der Waals surface area (Å²) in [4.78, 5) is 36.9. The van der Waals surface area contributed by atoms with E-state index in [4.69, 9.17) is 16.3 Å². The quantitative estimate of drug-likeness (QED) is 0.473. The number of carbonyl (C=O) groups is 3. The molecule has 4 nitrogen and oxygen atoms in total. The van der Waals surface area contributed by atoms with Crippen molar-refractivity contribution < 1.29 is 19.1 Å². The van der Waals surface area contributed by atoms with Gasteiger partial charge in [-0.25, -0.2) is 0 Å². The lowest BCUT2D eigenvalue weighted by Gasteiger charge is -2.57. The van der Waals surface area contributed by atoms with Crippen LogP contribution >= 0.6 is 11.6 Å². The average molecular weight is 417 g/mol. The van der Waals surface area contributed by atoms with Crippen molar-refractivity contribution in [3.63, 3.8) is 0 Å². The molecule has 0 spiro atoms. The Morgan fingerprint density at radius 2 is 1.90 bits per heavy atom. The Morgan fingerprint density at radius 3 is 2.52 bits per heavy atom. The van der Waals surface area contributed by atoms with Crippen LogP contribution in [0.1, 0.15) is 59.8 Å². The highest BCUT2D eigenvalue weighted by atomic mass is 35.5. The largest absolute Gasteiger partial charge is 0.446 e. The number of ketones is 2. The Kier molecular flexibility index (Phi) is 4.55. The second kappa shape index (κ2) is 6.41. The molecule has 2 fully saturated rings. The van der Waals surface area contributed by atoms with Crippen molar-refractivity contribution in [2.24, 2.45) is 28.6 Å². The van der Waals surface area contributed by atoms with Gasteiger partial charge in [-0.3, -0.25) is 14.4 Å². The molecule has 2 saturated carbocycles. The number of Topliss-reactive ketones (excluding diaryl/α,β-unsaturated/α-hetero) is 1. The summed E-state index contributed by atoms with van der Waals surface area (Å²) in [6.45, 7) is 11.4. The zero-order valence-electron chi connectivity index (χ0n) is 17.6. The first-order valence-electron chi connectivity index (χ1n) is 10.5. The monoisotopic (exact) mass is 416 g/mol. The van der Waals surface area contributed by atoms with E-state index in [0.717, 1.165) is 24.8 Å². The minimum Gasteiger partial charge on any atom is -0.446 e. The predicted molar refractivity (Wildman–Crippen MR) is 111 cm³/mol. The Morgan fingerprint density at radius 1 is 1.21 bits per heavy atom. The summed E-state index contributed by atoms with van der Waals surface area (Å²) in [7, 11) is 0. The molecule has 0 bridgehead atoms. The van der Waals surface area contributed by atoms with Gasteiger partial charge in [0.2, 0.25) is 0 Å². The molecule has 4 aliphatic carbocycles. The maximum absolute atomic E-state index is 12.9. The molecule has 0 heterocycles. The second-order valence-electron chi connectivity index (χ2n) is 9.84. The highest BCUT2D eigenvalue weighted by molar-refractivity contribution is 6.32. The molecule has 4 aliphatic rings. The number of carbonyl (C=O) groups excluding carboxylic acids is 3. The van der Waals surface area contributed by atoms with E-state index in [1.165, 1.54) is 13.8 Å². The summed E-state index contributed by atoms with van der Waals surface area (Å²) < 4.78 is 5.80. The minimum atomic E-state index is -1.27. The van der Waals surface area contributed by atoms with E-state index in [-0.39, 0.29) is 28.8 Å². The number of hydrogen-bond acceptors (Lipinski definition) is 4. The number of halogens is 1. The summed E-state index contributed by atoms with van der Waals surface area (Å²) in [5, 5.41) is 0.657. The number of rotatable bonds is 2. The molecule has 0 aromatic rings. The van der Waals surface area contributed by atoms with Gasteiger partial charge in [0.1, 0.15) is 0 Å². The second-order valence-corrected chi connectivity index (χ2v) is 10.2. The van der Waals surface area contributed by atoms with E-state index in [9.17, 15) is 14.4 Å². The van der Waals surface area contributed by atoms with Gasteiger partial charge >= 0.3 is 5.97 Å². The molecule has 0 aromatic heterocycles. The van der Waals surface area contributed by atoms with Gasteiger partial charge in [-0.15, -0.1) is 0 Å². The van der Waals surface area contributed by atoms with Crippen LogP contribution in [0.3, 0.4) is 0 Å². The van der Waals surface area contributed by atoms with Crippen LogP contribution in [0.4, 0.5) is 0 Å². The Labute approximate surface area is 177 Å². The molecular formula is C24H29ClO4. The van der Waals surface area contributed by atoms with Gasteiger partial charge in [-0.05, 0) is 73.0 Å². The van der Waals surface area contributed by atoms with Gasteiger partial charge < -0.3 is 4.74 Å². The molecule has 5 heteroatoms. The molecule has 156 valence electrons. The van der Waals surface area contributed by atoms with E-state index in [0.29, 0.717) is 29.4 Å². The fourth-order valence-corrected chi connectivity index (χ4v) is 7.57. The van der Waals surface area contributed by atoms with E-state index in [1.54, 1.807) is 6.08 Å². The minimum absolute atomic E-state index is 0.113. The Bertz CT molecular complexity index is 899. The number of allylic oxidation sites excluding steroid dienone is 4. The average Bonchev–Trinajstić information content (AvgIpc) is 2.85. The van der Waals surface area contributed by atoms with E-state index < -0.39 is 17.0 Å². The van der Waals surface area contributed by atoms with Crippen LogP contribution in [0, 0.1) is 28.6 Å². The van der Waals surface area contributed by atoms with E-state index in [1.807, 2.05) is 0 Å². The zero-order valence-corrected chi connectivity index (χ0v) is 18.4. The molecule has 5 unspecified atom stereocenters. The fraction of sp³-hybridized carbons (Fsp3) is 0.625. The van der Waals surface area contributed by atoms with E-state index >= 15 is 0 Å². The molecule has 4 rings (SSSR count). The number of esters is 1. The third-order valence-corrected chi connectivity index (χ3v) is 8.84. The first kappa shape index (κ1) is 20.6. The summed E-state index contributed by atoms with van der Waals surface area (Å²) in [5.41, 5.74) is -0.263. The maximum atomic E-state index is 12.9. The Balaban J connectivity index is 1.84. The van der Waals surface area contributed by atoms with Crippen LogP contribution in [0.25, 0.3) is 0 Å². The van der Waals surface area contributed by atoms with Crippen molar-refractivity contribution >= 4 is 29.1 Å². The summed E-state index contributed by atoms with van der Waals surface area (Å²) in [5.74, 6) is 0.151. The number of ether oxygens (including phenoxy) is 1. The lowest BCUT2D eigenvalue weighted by atomic mass is 9.48. The molecule has 29 heavy (non-hydrogen) atoms. The van der Waals surface area contributed by atoms with Crippen molar-refractivity contribution in [3.05, 3.63) is 34.9 Å². The predicted octanol–water partition coefficient (Wildman–Crippen LogP) is 4.92. The topological polar surface area (TPSA) is 60.4 Å². The van der Waals surface area contributed by atoms with Gasteiger partial charge in [-0.1, -0.05) is 38.1 Å². The van der Waals surface area contributed by atoms with Gasteiger partial charge in [0.05, 0.1) is 0 Å². The highest BCUT2D eigenvalue weighted by Crippen LogP contribution is 2.69. The van der Waals surface area contributed by atoms with Crippen LogP contribution in [-0.2, 0) is 19.1 Å². The van der Waals surface area contributed by atoms with Crippen LogP contribution < -0.4 is 0 Å². The molecule has 0 amide bonds. The molecule has 0 N–H and O–H groups in total. The zero-order chi connectivity index (χ0) is 21.4. The number of fused-ring (bicyclic) bond motifs is 5. The normalized spacial score (nSPS) is 43.6. The van der Waals surface area contributed by atoms with Crippen LogP contribution in [0.2, 0.25) is 0 Å². The van der Waals surface area contributed by atoms with E-state index in [2.05, 4.69) is 26.5 Å². The van der Waals surface area contributed by atoms with Gasteiger partial charge in [-0.2, -0.15) is 0 Å². The summed E-state index contributed by atoms with van der Waals surface area (Å²) in [6.07, 6.45) is 7.48. The van der Waals surface area contributed by atoms with Crippen LogP contribution in [0.15, 0.2) is 34.9 Å². The molecule has 0 aliphatic heterocycles. The molecule has 6 atom stereocenters. The molecule has 0 saturated heterocycles. The fourth-order valence-electron chi connectivity index (χ4n) is 7.15. The van der Waals surface area contributed by atoms with Crippen molar-refractivity contribution in [3.8, 4) is 0 Å². The number of hydrogen-bond donors (Lipinski definition) is 0. The smallest absolute Gasteiger partial charge is 0.303 e. The molecule has 0 radical (unpaired) electrons.